The minimum atomic E-state index is -0.981. The van der Waals surface area contributed by atoms with Gasteiger partial charge in [0.1, 0.15) is 17.9 Å². The number of carbonyl (C=O) groups excluding carboxylic acids is 2. The lowest BCUT2D eigenvalue weighted by Gasteiger charge is -2.30. The molecule has 0 bridgehead atoms. The molecule has 0 aliphatic carbocycles. The van der Waals surface area contributed by atoms with Crippen molar-refractivity contribution in [3.05, 3.63) is 95.6 Å². The van der Waals surface area contributed by atoms with Crippen molar-refractivity contribution in [1.82, 2.24) is 5.32 Å². The first-order valence-electron chi connectivity index (χ1n) is 11.1. The number of halogens is 2. The van der Waals surface area contributed by atoms with Crippen LogP contribution in [0.5, 0.6) is 5.75 Å². The smallest absolute Gasteiger partial charge is 0.335 e. The molecule has 1 aliphatic rings. The first-order chi connectivity index (χ1) is 17.7. The molecule has 7 nitrogen and oxygen atoms in total. The van der Waals surface area contributed by atoms with E-state index in [1.807, 2.05) is 43.3 Å². The number of aromatic carboxylic acids is 1. The van der Waals surface area contributed by atoms with Gasteiger partial charge in [0.15, 0.2) is 5.11 Å². The number of carbonyl (C=O) groups is 3. The predicted octanol–water partition coefficient (Wildman–Crippen LogP) is 5.57. The summed E-state index contributed by atoms with van der Waals surface area (Å²) in [7, 11) is 0. The first kappa shape index (κ1) is 27.2. The van der Waals surface area contributed by atoms with Crippen molar-refractivity contribution in [3.63, 3.8) is 0 Å². The van der Waals surface area contributed by atoms with Crippen LogP contribution in [0, 0.1) is 7.14 Å². The standard InChI is InChI=1S/C27H20I2N2O5S/c1-2-17-5-3-4-6-22(17)31-25(33)19(24(32)30-27(31)37)11-16-12-20(28)23(21(29)13-16)36-14-15-7-9-18(10-8-15)26(34)35/h3-13H,2,14H2,1H3,(H,34,35)(H,30,32,37)/b19-11+. The summed E-state index contributed by atoms with van der Waals surface area (Å²) in [5.74, 6) is -1.35. The lowest BCUT2D eigenvalue weighted by atomic mass is 10.0. The number of hydrogen-bond acceptors (Lipinski definition) is 5. The van der Waals surface area contributed by atoms with Crippen LogP contribution in [0.3, 0.4) is 0 Å². The Labute approximate surface area is 246 Å². The van der Waals surface area contributed by atoms with Crippen molar-refractivity contribution in [2.24, 2.45) is 0 Å². The number of benzene rings is 3. The molecule has 188 valence electrons. The largest absolute Gasteiger partial charge is 0.487 e. The molecule has 0 atom stereocenters. The second-order valence-corrected chi connectivity index (χ2v) is 10.8. The van der Waals surface area contributed by atoms with E-state index in [1.54, 1.807) is 18.2 Å². The SMILES string of the molecule is CCc1ccccc1N1C(=O)/C(=C/c2cc(I)c(OCc3ccc(C(=O)O)cc3)c(I)c2)C(=O)NC1=S. The number of rotatable bonds is 7. The molecule has 2 N–H and O–H groups in total. The molecule has 1 saturated heterocycles. The van der Waals surface area contributed by atoms with Gasteiger partial charge < -0.3 is 9.84 Å². The molecular weight excluding hydrogens is 718 g/mol. The van der Waals surface area contributed by atoms with Gasteiger partial charge in [-0.3, -0.25) is 19.8 Å². The Morgan fingerprint density at radius 1 is 1.08 bits per heavy atom. The first-order valence-corrected chi connectivity index (χ1v) is 13.7. The molecule has 3 aromatic rings. The number of para-hydroxylation sites is 1. The van der Waals surface area contributed by atoms with Crippen molar-refractivity contribution in [2.75, 3.05) is 4.90 Å². The average Bonchev–Trinajstić information content (AvgIpc) is 2.86. The molecule has 0 spiro atoms. The highest BCUT2D eigenvalue weighted by atomic mass is 127. The minimum Gasteiger partial charge on any atom is -0.487 e. The van der Waals surface area contributed by atoms with E-state index in [1.165, 1.54) is 17.0 Å². The lowest BCUT2D eigenvalue weighted by molar-refractivity contribution is -0.122. The number of carboxylic acid groups (broad SMARTS) is 1. The molecule has 10 heteroatoms. The fraction of sp³-hybridized carbons (Fsp3) is 0.111. The van der Waals surface area contributed by atoms with Gasteiger partial charge in [-0.2, -0.15) is 0 Å². The van der Waals surface area contributed by atoms with E-state index >= 15 is 0 Å². The van der Waals surface area contributed by atoms with E-state index in [4.69, 9.17) is 22.1 Å². The molecule has 0 saturated carbocycles. The quantitative estimate of drug-likeness (QED) is 0.143. The average molecular weight is 738 g/mol. The molecule has 4 rings (SSSR count). The zero-order valence-corrected chi connectivity index (χ0v) is 24.6. The topological polar surface area (TPSA) is 95.9 Å². The molecule has 3 aromatic carbocycles. The van der Waals surface area contributed by atoms with E-state index in [2.05, 4.69) is 50.5 Å². The van der Waals surface area contributed by atoms with E-state index < -0.39 is 17.8 Å². The van der Waals surface area contributed by atoms with Crippen LogP contribution in [0.1, 0.15) is 34.0 Å². The van der Waals surface area contributed by atoms with Crippen molar-refractivity contribution in [2.45, 2.75) is 20.0 Å². The number of hydrogen-bond donors (Lipinski definition) is 2. The molecule has 1 aliphatic heterocycles. The van der Waals surface area contributed by atoms with Crippen molar-refractivity contribution >= 4 is 92.1 Å². The number of anilines is 1. The Morgan fingerprint density at radius 3 is 2.35 bits per heavy atom. The summed E-state index contributed by atoms with van der Waals surface area (Å²) in [5.41, 5.74) is 3.28. The summed E-state index contributed by atoms with van der Waals surface area (Å²) in [5, 5.41) is 11.7. The summed E-state index contributed by atoms with van der Waals surface area (Å²) in [4.78, 5) is 38.6. The van der Waals surface area contributed by atoms with Gasteiger partial charge in [0, 0.05) is 0 Å². The molecular formula is C27H20I2N2O5S. The maximum atomic E-state index is 13.4. The number of carboxylic acids is 1. The third-order valence-corrected chi connectivity index (χ3v) is 7.52. The summed E-state index contributed by atoms with van der Waals surface area (Å²) in [6.07, 6.45) is 2.26. The van der Waals surface area contributed by atoms with Crippen LogP contribution in [-0.2, 0) is 22.6 Å². The second kappa shape index (κ2) is 11.7. The number of nitrogens with zero attached hydrogens (tertiary/aromatic N) is 1. The Balaban J connectivity index is 1.59. The Kier molecular flexibility index (Phi) is 8.60. The highest BCUT2D eigenvalue weighted by molar-refractivity contribution is 14.1. The van der Waals surface area contributed by atoms with Gasteiger partial charge in [-0.1, -0.05) is 37.3 Å². The van der Waals surface area contributed by atoms with Crippen LogP contribution in [0.15, 0.2) is 66.2 Å². The van der Waals surface area contributed by atoms with Gasteiger partial charge >= 0.3 is 5.97 Å². The number of thiocarbonyl (C=S) groups is 1. The number of ether oxygens (including phenoxy) is 1. The van der Waals surface area contributed by atoms with Gasteiger partial charge in [-0.25, -0.2) is 4.79 Å². The predicted molar refractivity (Wildman–Crippen MR) is 162 cm³/mol. The van der Waals surface area contributed by atoms with E-state index in [0.717, 1.165) is 18.3 Å². The normalized spacial score (nSPS) is 14.6. The fourth-order valence-corrected chi connectivity index (χ4v) is 6.17. The molecule has 2 amide bonds. The zero-order valence-electron chi connectivity index (χ0n) is 19.5. The third kappa shape index (κ3) is 6.02. The summed E-state index contributed by atoms with van der Waals surface area (Å²) < 4.78 is 7.60. The Morgan fingerprint density at radius 2 is 1.73 bits per heavy atom. The van der Waals surface area contributed by atoms with Crippen LogP contribution in [0.25, 0.3) is 6.08 Å². The van der Waals surface area contributed by atoms with Gasteiger partial charge in [-0.05, 0) is 117 Å². The van der Waals surface area contributed by atoms with Crippen LogP contribution >= 0.6 is 57.4 Å². The molecule has 1 heterocycles. The number of nitrogens with one attached hydrogen (secondary N) is 1. The monoisotopic (exact) mass is 738 g/mol. The van der Waals surface area contributed by atoms with Crippen molar-refractivity contribution < 1.29 is 24.2 Å². The Hall–Kier alpha value is -2.84. The van der Waals surface area contributed by atoms with E-state index in [9.17, 15) is 14.4 Å². The van der Waals surface area contributed by atoms with Crippen molar-refractivity contribution in [1.29, 1.82) is 0 Å². The maximum Gasteiger partial charge on any atom is 0.335 e. The number of amides is 2. The zero-order chi connectivity index (χ0) is 26.7. The molecule has 0 radical (unpaired) electrons. The van der Waals surface area contributed by atoms with Crippen LogP contribution in [-0.4, -0.2) is 28.0 Å². The van der Waals surface area contributed by atoms with E-state index in [0.29, 0.717) is 23.4 Å². The molecule has 0 unspecified atom stereocenters. The van der Waals surface area contributed by atoms with Gasteiger partial charge in [0.25, 0.3) is 11.8 Å². The van der Waals surface area contributed by atoms with Gasteiger partial charge in [-0.15, -0.1) is 0 Å². The third-order valence-electron chi connectivity index (χ3n) is 5.63. The molecule has 1 fully saturated rings. The van der Waals surface area contributed by atoms with Crippen LogP contribution in [0.4, 0.5) is 5.69 Å². The highest BCUT2D eigenvalue weighted by Crippen LogP contribution is 2.32. The summed E-state index contributed by atoms with van der Waals surface area (Å²) in [6.45, 7) is 2.25. The van der Waals surface area contributed by atoms with Crippen LogP contribution in [0.2, 0.25) is 0 Å². The van der Waals surface area contributed by atoms with Crippen molar-refractivity contribution in [3.8, 4) is 5.75 Å². The van der Waals surface area contributed by atoms with Gasteiger partial charge in [0.05, 0.1) is 18.4 Å². The molecule has 0 aromatic heterocycles. The molecule has 37 heavy (non-hydrogen) atoms. The van der Waals surface area contributed by atoms with Gasteiger partial charge in [0.2, 0.25) is 0 Å². The lowest BCUT2D eigenvalue weighted by Crippen LogP contribution is -2.54. The highest BCUT2D eigenvalue weighted by Gasteiger charge is 2.35. The minimum absolute atomic E-state index is 0.0155. The number of aryl methyl sites for hydroxylation is 1. The second-order valence-electron chi connectivity index (χ2n) is 8.04. The maximum absolute atomic E-state index is 13.4. The summed E-state index contributed by atoms with van der Waals surface area (Å²) >= 11 is 9.63. The Bertz CT molecular complexity index is 1430. The van der Waals surface area contributed by atoms with E-state index in [-0.39, 0.29) is 22.9 Å². The summed E-state index contributed by atoms with van der Waals surface area (Å²) in [6, 6.07) is 17.6. The fourth-order valence-electron chi connectivity index (χ4n) is 3.77. The van der Waals surface area contributed by atoms with Crippen LogP contribution < -0.4 is 15.0 Å².